The lowest BCUT2D eigenvalue weighted by Gasteiger charge is -2.37. The Balaban J connectivity index is 2.00. The summed E-state index contributed by atoms with van der Waals surface area (Å²) < 4.78 is 0. The van der Waals surface area contributed by atoms with E-state index in [1.807, 2.05) is 11.3 Å². The molecule has 1 unspecified atom stereocenters. The van der Waals surface area contributed by atoms with Gasteiger partial charge in [-0.05, 0) is 38.3 Å². The predicted octanol–water partition coefficient (Wildman–Crippen LogP) is 4.07. The maximum absolute atomic E-state index is 9.90. The highest BCUT2D eigenvalue weighted by molar-refractivity contribution is 7.10. The lowest BCUT2D eigenvalue weighted by molar-refractivity contribution is 0.0565. The number of aliphatic hydroxyl groups excluding tert-OH is 1. The van der Waals surface area contributed by atoms with Gasteiger partial charge in [0, 0.05) is 29.5 Å². The molecule has 19 heavy (non-hydrogen) atoms. The van der Waals surface area contributed by atoms with Crippen molar-refractivity contribution in [1.29, 1.82) is 0 Å². The van der Waals surface area contributed by atoms with Gasteiger partial charge in [0.15, 0.2) is 0 Å². The van der Waals surface area contributed by atoms with E-state index >= 15 is 0 Å². The lowest BCUT2D eigenvalue weighted by Crippen LogP contribution is -2.39. The van der Waals surface area contributed by atoms with Gasteiger partial charge in [0.1, 0.15) is 0 Å². The average molecular weight is 281 g/mol. The molecule has 0 spiro atoms. The number of hydrogen-bond acceptors (Lipinski definition) is 3. The summed E-state index contributed by atoms with van der Waals surface area (Å²) in [4.78, 5) is 3.84. The zero-order valence-corrected chi connectivity index (χ0v) is 13.1. The Morgan fingerprint density at radius 1 is 1.32 bits per heavy atom. The van der Waals surface area contributed by atoms with Gasteiger partial charge < -0.3 is 5.11 Å². The third kappa shape index (κ3) is 3.80. The van der Waals surface area contributed by atoms with Crippen LogP contribution in [-0.2, 0) is 0 Å². The van der Waals surface area contributed by atoms with Crippen molar-refractivity contribution in [2.24, 2.45) is 5.41 Å². The maximum atomic E-state index is 9.90. The minimum atomic E-state index is 0.136. The fourth-order valence-electron chi connectivity index (χ4n) is 3.26. The molecular weight excluding hydrogens is 254 g/mol. The second kappa shape index (κ2) is 6.87. The van der Waals surface area contributed by atoms with Gasteiger partial charge in [-0.2, -0.15) is 0 Å². The first-order valence-electron chi connectivity index (χ1n) is 7.51. The molecule has 3 heteroatoms. The summed E-state index contributed by atoms with van der Waals surface area (Å²) >= 11 is 1.83. The fourth-order valence-corrected chi connectivity index (χ4v) is 4.11. The van der Waals surface area contributed by atoms with Gasteiger partial charge in [-0.3, -0.25) is 4.90 Å². The highest BCUT2D eigenvalue weighted by Gasteiger charge is 2.32. The van der Waals surface area contributed by atoms with Gasteiger partial charge >= 0.3 is 0 Å². The van der Waals surface area contributed by atoms with Crippen LogP contribution in [-0.4, -0.2) is 30.2 Å². The second-order valence-electron chi connectivity index (χ2n) is 6.18. The van der Waals surface area contributed by atoms with Crippen molar-refractivity contribution in [2.75, 3.05) is 20.2 Å². The minimum Gasteiger partial charge on any atom is -0.396 e. The molecule has 108 valence electrons. The predicted molar refractivity (Wildman–Crippen MR) is 82.6 cm³/mol. The van der Waals surface area contributed by atoms with Crippen LogP contribution in [0, 0.1) is 5.41 Å². The molecule has 1 aromatic heterocycles. The number of nitrogens with zero attached hydrogens (tertiary/aromatic N) is 1. The van der Waals surface area contributed by atoms with Crippen LogP contribution in [0.25, 0.3) is 0 Å². The topological polar surface area (TPSA) is 23.5 Å². The van der Waals surface area contributed by atoms with Gasteiger partial charge in [-0.1, -0.05) is 31.7 Å². The highest BCUT2D eigenvalue weighted by Crippen LogP contribution is 2.37. The van der Waals surface area contributed by atoms with Crippen LogP contribution in [0.1, 0.15) is 56.4 Å². The van der Waals surface area contributed by atoms with E-state index in [0.717, 1.165) is 6.54 Å². The van der Waals surface area contributed by atoms with Crippen molar-refractivity contribution in [2.45, 2.75) is 51.5 Å². The van der Waals surface area contributed by atoms with Gasteiger partial charge in [0.25, 0.3) is 0 Å². The zero-order chi connectivity index (χ0) is 13.7. The van der Waals surface area contributed by atoms with Gasteiger partial charge in [0.2, 0.25) is 0 Å². The molecule has 1 aromatic rings. The minimum absolute atomic E-state index is 0.136. The van der Waals surface area contributed by atoms with E-state index in [1.165, 1.54) is 43.4 Å². The number of rotatable bonds is 5. The number of aliphatic hydroxyl groups is 1. The molecule has 0 aromatic carbocycles. The zero-order valence-electron chi connectivity index (χ0n) is 12.3. The van der Waals surface area contributed by atoms with E-state index in [2.05, 4.69) is 36.4 Å². The van der Waals surface area contributed by atoms with E-state index in [4.69, 9.17) is 0 Å². The van der Waals surface area contributed by atoms with Gasteiger partial charge in [0.05, 0.1) is 0 Å². The lowest BCUT2D eigenvalue weighted by atomic mass is 9.80. The van der Waals surface area contributed by atoms with E-state index in [0.29, 0.717) is 12.6 Å². The molecule has 0 amide bonds. The molecule has 1 heterocycles. The summed E-state index contributed by atoms with van der Waals surface area (Å²) in [6.07, 6.45) is 7.61. The van der Waals surface area contributed by atoms with Crippen LogP contribution >= 0.6 is 11.3 Å². The largest absolute Gasteiger partial charge is 0.396 e. The van der Waals surface area contributed by atoms with E-state index in [9.17, 15) is 5.11 Å². The van der Waals surface area contributed by atoms with Crippen LogP contribution in [0.15, 0.2) is 17.5 Å². The third-order valence-electron chi connectivity index (χ3n) is 4.70. The molecule has 0 radical (unpaired) electrons. The normalized spacial score (nSPS) is 21.3. The Labute approximate surface area is 121 Å². The molecule has 1 atom stereocenters. The summed E-state index contributed by atoms with van der Waals surface area (Å²) in [5, 5.41) is 12.0. The Bertz CT molecular complexity index is 355. The quantitative estimate of drug-likeness (QED) is 0.822. The number of hydrogen-bond donors (Lipinski definition) is 1. The molecule has 0 bridgehead atoms. The summed E-state index contributed by atoms with van der Waals surface area (Å²) in [6, 6.07) is 4.79. The first-order chi connectivity index (χ1) is 9.17. The molecule has 1 N–H and O–H groups in total. The molecule has 0 saturated heterocycles. The molecule has 1 fully saturated rings. The van der Waals surface area contributed by atoms with Crippen molar-refractivity contribution >= 4 is 11.3 Å². The summed E-state index contributed by atoms with van der Waals surface area (Å²) in [6.45, 7) is 3.63. The Morgan fingerprint density at radius 2 is 2.00 bits per heavy atom. The highest BCUT2D eigenvalue weighted by atomic mass is 32.1. The molecule has 1 aliphatic carbocycles. The molecule has 2 nitrogen and oxygen atoms in total. The number of thiophene rings is 1. The Hall–Kier alpha value is -0.380. The van der Waals surface area contributed by atoms with E-state index in [1.54, 1.807) is 0 Å². The first kappa shape index (κ1) is 15.0. The second-order valence-corrected chi connectivity index (χ2v) is 7.16. The van der Waals surface area contributed by atoms with Crippen molar-refractivity contribution in [3.8, 4) is 0 Å². The Morgan fingerprint density at radius 3 is 2.53 bits per heavy atom. The van der Waals surface area contributed by atoms with Crippen LogP contribution in [0.2, 0.25) is 0 Å². The van der Waals surface area contributed by atoms with Crippen molar-refractivity contribution < 1.29 is 5.11 Å². The standard InChI is InChI=1S/C16H27NOS/c1-14(15-8-7-11-19-15)17(2)12-16(13-18)9-5-3-4-6-10-16/h7-8,11,14,18H,3-6,9-10,12-13H2,1-2H3. The SMILES string of the molecule is CC(c1cccs1)N(C)CC1(CO)CCCCCC1. The third-order valence-corrected chi connectivity index (χ3v) is 5.74. The van der Waals surface area contributed by atoms with E-state index < -0.39 is 0 Å². The smallest absolute Gasteiger partial charge is 0.0499 e. The van der Waals surface area contributed by atoms with Gasteiger partial charge in [-0.25, -0.2) is 0 Å². The summed E-state index contributed by atoms with van der Waals surface area (Å²) in [5.41, 5.74) is 0.136. The first-order valence-corrected chi connectivity index (χ1v) is 8.39. The molecular formula is C16H27NOS. The van der Waals surface area contributed by atoms with E-state index in [-0.39, 0.29) is 5.41 Å². The summed E-state index contributed by atoms with van der Waals surface area (Å²) in [5.74, 6) is 0. The van der Waals surface area contributed by atoms with Crippen LogP contribution in [0.3, 0.4) is 0 Å². The van der Waals surface area contributed by atoms with Crippen LogP contribution < -0.4 is 0 Å². The average Bonchev–Trinajstić information content (AvgIpc) is 2.85. The maximum Gasteiger partial charge on any atom is 0.0499 e. The van der Waals surface area contributed by atoms with Gasteiger partial charge in [-0.15, -0.1) is 11.3 Å². The van der Waals surface area contributed by atoms with Crippen LogP contribution in [0.4, 0.5) is 0 Å². The summed E-state index contributed by atoms with van der Waals surface area (Å²) in [7, 11) is 2.20. The van der Waals surface area contributed by atoms with Crippen molar-refractivity contribution in [3.63, 3.8) is 0 Å². The van der Waals surface area contributed by atoms with Crippen molar-refractivity contribution in [1.82, 2.24) is 4.90 Å². The fraction of sp³-hybridized carbons (Fsp3) is 0.750. The molecule has 1 saturated carbocycles. The van der Waals surface area contributed by atoms with Crippen LogP contribution in [0.5, 0.6) is 0 Å². The Kier molecular flexibility index (Phi) is 5.43. The molecule has 0 aliphatic heterocycles. The molecule has 2 rings (SSSR count). The molecule has 1 aliphatic rings. The monoisotopic (exact) mass is 281 g/mol. The van der Waals surface area contributed by atoms with Crippen molar-refractivity contribution in [3.05, 3.63) is 22.4 Å².